The molecule has 116 valence electrons. The molecule has 4 heteroatoms. The molecule has 2 aromatic carbocycles. The molecule has 0 fully saturated rings. The summed E-state index contributed by atoms with van der Waals surface area (Å²) in [5.41, 5.74) is 3.30. The Labute approximate surface area is 140 Å². The number of ether oxygens (including phenoxy) is 1. The Bertz CT molecular complexity index is 670. The summed E-state index contributed by atoms with van der Waals surface area (Å²) in [7, 11) is 1.78. The molecule has 0 saturated carbocycles. The zero-order chi connectivity index (χ0) is 16.1. The van der Waals surface area contributed by atoms with Crippen molar-refractivity contribution < 1.29 is 9.53 Å². The number of rotatable bonds is 5. The van der Waals surface area contributed by atoms with E-state index in [1.807, 2.05) is 56.3 Å². The van der Waals surface area contributed by atoms with Crippen LogP contribution < -0.4 is 4.74 Å². The average Bonchev–Trinajstić information content (AvgIpc) is 2.48. The minimum atomic E-state index is -0.0456. The van der Waals surface area contributed by atoms with Gasteiger partial charge in [-0.25, -0.2) is 0 Å². The number of likely N-dealkylation sites (N-methyl/N-ethyl adjacent to an activating group) is 1. The van der Waals surface area contributed by atoms with Crippen molar-refractivity contribution >= 4 is 21.8 Å². The molecule has 0 aliphatic heterocycles. The number of aryl methyl sites for hydroxylation is 2. The molecule has 0 spiro atoms. The lowest BCUT2D eigenvalue weighted by Crippen LogP contribution is -2.31. The first kappa shape index (κ1) is 16.6. The van der Waals surface area contributed by atoms with Crippen LogP contribution in [0.15, 0.2) is 46.9 Å². The van der Waals surface area contributed by atoms with Crippen LogP contribution in [0.25, 0.3) is 0 Å². The van der Waals surface area contributed by atoms with Crippen LogP contribution >= 0.6 is 15.9 Å². The van der Waals surface area contributed by atoms with Crippen molar-refractivity contribution in [2.45, 2.75) is 20.4 Å². The first-order chi connectivity index (χ1) is 10.5. The SMILES string of the molecule is Cc1ccc(OCC(=O)N(C)Cc2ccccc2Br)c(C)c1. The van der Waals surface area contributed by atoms with Gasteiger partial charge in [-0.2, -0.15) is 0 Å². The number of halogens is 1. The fourth-order valence-electron chi connectivity index (χ4n) is 2.18. The summed E-state index contributed by atoms with van der Waals surface area (Å²) in [6.45, 7) is 4.62. The highest BCUT2D eigenvalue weighted by Crippen LogP contribution is 2.19. The fraction of sp³-hybridized carbons (Fsp3) is 0.278. The molecule has 0 heterocycles. The maximum atomic E-state index is 12.2. The molecule has 22 heavy (non-hydrogen) atoms. The van der Waals surface area contributed by atoms with Gasteiger partial charge in [0.25, 0.3) is 5.91 Å². The van der Waals surface area contributed by atoms with Crippen LogP contribution in [0.2, 0.25) is 0 Å². The molecule has 2 rings (SSSR count). The Morgan fingerprint density at radius 1 is 1.18 bits per heavy atom. The van der Waals surface area contributed by atoms with Crippen LogP contribution in [0.4, 0.5) is 0 Å². The van der Waals surface area contributed by atoms with Crippen molar-refractivity contribution in [3.8, 4) is 5.75 Å². The molecule has 0 radical (unpaired) electrons. The van der Waals surface area contributed by atoms with E-state index >= 15 is 0 Å². The van der Waals surface area contributed by atoms with Crippen molar-refractivity contribution in [1.29, 1.82) is 0 Å². The van der Waals surface area contributed by atoms with Gasteiger partial charge >= 0.3 is 0 Å². The first-order valence-electron chi connectivity index (χ1n) is 7.15. The Balaban J connectivity index is 1.93. The van der Waals surface area contributed by atoms with E-state index in [9.17, 15) is 4.79 Å². The van der Waals surface area contributed by atoms with Gasteiger partial charge in [-0.1, -0.05) is 51.8 Å². The largest absolute Gasteiger partial charge is 0.484 e. The molecule has 3 nitrogen and oxygen atoms in total. The maximum Gasteiger partial charge on any atom is 0.260 e. The Morgan fingerprint density at radius 2 is 1.91 bits per heavy atom. The minimum absolute atomic E-state index is 0.0456. The second kappa shape index (κ2) is 7.45. The summed E-state index contributed by atoms with van der Waals surface area (Å²) in [6.07, 6.45) is 0. The van der Waals surface area contributed by atoms with Crippen molar-refractivity contribution in [3.63, 3.8) is 0 Å². The van der Waals surface area contributed by atoms with E-state index < -0.39 is 0 Å². The Morgan fingerprint density at radius 3 is 2.59 bits per heavy atom. The Hall–Kier alpha value is -1.81. The smallest absolute Gasteiger partial charge is 0.260 e. The molecule has 0 saturated heterocycles. The van der Waals surface area contributed by atoms with E-state index in [2.05, 4.69) is 15.9 Å². The highest BCUT2D eigenvalue weighted by molar-refractivity contribution is 9.10. The molecule has 0 atom stereocenters. The van der Waals surface area contributed by atoms with Crippen LogP contribution in [0.3, 0.4) is 0 Å². The van der Waals surface area contributed by atoms with Gasteiger partial charge < -0.3 is 9.64 Å². The molecule has 0 aliphatic rings. The number of hydrogen-bond donors (Lipinski definition) is 0. The third kappa shape index (κ3) is 4.34. The quantitative estimate of drug-likeness (QED) is 0.801. The van der Waals surface area contributed by atoms with Gasteiger partial charge in [0.1, 0.15) is 5.75 Å². The van der Waals surface area contributed by atoms with Crippen molar-refractivity contribution in [2.75, 3.05) is 13.7 Å². The summed E-state index contributed by atoms with van der Waals surface area (Å²) in [5, 5.41) is 0. The molecule has 0 bridgehead atoms. The second-order valence-corrected chi connectivity index (χ2v) is 6.25. The number of hydrogen-bond acceptors (Lipinski definition) is 2. The van der Waals surface area contributed by atoms with Gasteiger partial charge in [0, 0.05) is 18.1 Å². The van der Waals surface area contributed by atoms with E-state index in [1.165, 1.54) is 5.56 Å². The van der Waals surface area contributed by atoms with Crippen LogP contribution in [-0.2, 0) is 11.3 Å². The molecule has 0 N–H and O–H groups in total. The normalized spacial score (nSPS) is 10.4. The lowest BCUT2D eigenvalue weighted by atomic mass is 10.1. The monoisotopic (exact) mass is 361 g/mol. The van der Waals surface area contributed by atoms with Gasteiger partial charge in [-0.05, 0) is 37.1 Å². The molecule has 2 aromatic rings. The van der Waals surface area contributed by atoms with E-state index in [0.717, 1.165) is 21.3 Å². The summed E-state index contributed by atoms with van der Waals surface area (Å²) < 4.78 is 6.64. The lowest BCUT2D eigenvalue weighted by Gasteiger charge is -2.19. The van der Waals surface area contributed by atoms with E-state index in [-0.39, 0.29) is 12.5 Å². The number of carbonyl (C=O) groups excluding carboxylic acids is 1. The van der Waals surface area contributed by atoms with Crippen LogP contribution in [-0.4, -0.2) is 24.5 Å². The van der Waals surface area contributed by atoms with Gasteiger partial charge in [0.2, 0.25) is 0 Å². The molecule has 0 unspecified atom stereocenters. The highest BCUT2D eigenvalue weighted by Gasteiger charge is 2.12. The summed E-state index contributed by atoms with van der Waals surface area (Å²) in [4.78, 5) is 13.9. The predicted molar refractivity (Wildman–Crippen MR) is 92.0 cm³/mol. The number of carbonyl (C=O) groups is 1. The standard InChI is InChI=1S/C18H20BrNO2/c1-13-8-9-17(14(2)10-13)22-12-18(21)20(3)11-15-6-4-5-7-16(15)19/h4-10H,11-12H2,1-3H3. The topological polar surface area (TPSA) is 29.5 Å². The molecule has 0 aromatic heterocycles. The van der Waals surface area contributed by atoms with Crippen molar-refractivity contribution in [2.24, 2.45) is 0 Å². The number of nitrogens with zero attached hydrogens (tertiary/aromatic N) is 1. The van der Waals surface area contributed by atoms with Crippen LogP contribution in [0, 0.1) is 13.8 Å². The zero-order valence-corrected chi connectivity index (χ0v) is 14.7. The summed E-state index contributed by atoms with van der Waals surface area (Å²) in [6, 6.07) is 13.8. The zero-order valence-electron chi connectivity index (χ0n) is 13.1. The first-order valence-corrected chi connectivity index (χ1v) is 7.94. The third-order valence-corrected chi connectivity index (χ3v) is 4.25. The number of benzene rings is 2. The summed E-state index contributed by atoms with van der Waals surface area (Å²) in [5.74, 6) is 0.712. The van der Waals surface area contributed by atoms with Gasteiger partial charge in [-0.15, -0.1) is 0 Å². The molecular formula is C18H20BrNO2. The summed E-state index contributed by atoms with van der Waals surface area (Å²) >= 11 is 3.50. The fourth-order valence-corrected chi connectivity index (χ4v) is 2.59. The van der Waals surface area contributed by atoms with E-state index in [1.54, 1.807) is 11.9 Å². The van der Waals surface area contributed by atoms with E-state index in [0.29, 0.717) is 6.54 Å². The average molecular weight is 362 g/mol. The lowest BCUT2D eigenvalue weighted by molar-refractivity contribution is -0.132. The molecule has 0 aliphatic carbocycles. The third-order valence-electron chi connectivity index (χ3n) is 3.47. The van der Waals surface area contributed by atoms with Crippen LogP contribution in [0.1, 0.15) is 16.7 Å². The van der Waals surface area contributed by atoms with Gasteiger partial charge in [0.15, 0.2) is 6.61 Å². The van der Waals surface area contributed by atoms with Crippen molar-refractivity contribution in [1.82, 2.24) is 4.90 Å². The van der Waals surface area contributed by atoms with Crippen LogP contribution in [0.5, 0.6) is 5.75 Å². The maximum absolute atomic E-state index is 12.2. The molecule has 1 amide bonds. The Kier molecular flexibility index (Phi) is 5.61. The second-order valence-electron chi connectivity index (χ2n) is 5.40. The van der Waals surface area contributed by atoms with E-state index in [4.69, 9.17) is 4.74 Å². The number of amides is 1. The predicted octanol–water partition coefficient (Wildman–Crippen LogP) is 4.10. The van der Waals surface area contributed by atoms with Crippen molar-refractivity contribution in [3.05, 3.63) is 63.6 Å². The molecular weight excluding hydrogens is 342 g/mol. The minimum Gasteiger partial charge on any atom is -0.484 e. The van der Waals surface area contributed by atoms with Gasteiger partial charge in [-0.3, -0.25) is 4.79 Å². The van der Waals surface area contributed by atoms with Gasteiger partial charge in [0.05, 0.1) is 0 Å². The highest BCUT2D eigenvalue weighted by atomic mass is 79.9.